The average molecular weight is 329 g/mol. The second kappa shape index (κ2) is 6.07. The van der Waals surface area contributed by atoms with E-state index >= 15 is 0 Å². The van der Waals surface area contributed by atoms with Gasteiger partial charge in [-0.2, -0.15) is 0 Å². The van der Waals surface area contributed by atoms with Gasteiger partial charge in [0.15, 0.2) is 5.82 Å². The van der Waals surface area contributed by atoms with Gasteiger partial charge < -0.3 is 4.74 Å². The molecule has 0 fully saturated rings. The second-order valence-corrected chi connectivity index (χ2v) is 7.17. The minimum atomic E-state index is -4.34. The summed E-state index contributed by atoms with van der Waals surface area (Å²) >= 11 is 5.64. The van der Waals surface area contributed by atoms with Crippen LogP contribution in [-0.4, -0.2) is 21.0 Å². The van der Waals surface area contributed by atoms with Gasteiger partial charge in [0.2, 0.25) is 0 Å². The van der Waals surface area contributed by atoms with E-state index < -0.39 is 31.3 Å². The number of halogens is 3. The summed E-state index contributed by atoms with van der Waals surface area (Å²) in [4.78, 5) is 10.8. The van der Waals surface area contributed by atoms with Crippen LogP contribution in [0.1, 0.15) is 24.2 Å². The Morgan fingerprint density at radius 3 is 2.47 bits per heavy atom. The van der Waals surface area contributed by atoms with Crippen LogP contribution in [0.4, 0.5) is 4.39 Å². The fourth-order valence-electron chi connectivity index (χ4n) is 1.21. The monoisotopic (exact) mass is 328 g/mol. The van der Waals surface area contributed by atoms with Crippen molar-refractivity contribution < 1.29 is 22.3 Å². The standard InChI is InChI=1S/C11H11Cl2FO4S/c1-6(2)5-18-11(15)8-3-7(12)4-9(10(8)14)19(13,16)17/h3-4,6H,5H2,1-2H3. The van der Waals surface area contributed by atoms with Crippen LogP contribution < -0.4 is 0 Å². The quantitative estimate of drug-likeness (QED) is 0.629. The predicted octanol–water partition coefficient (Wildman–Crippen LogP) is 3.22. The fourth-order valence-corrected chi connectivity index (χ4v) is 2.42. The molecule has 106 valence electrons. The van der Waals surface area contributed by atoms with Crippen LogP contribution in [0.5, 0.6) is 0 Å². The van der Waals surface area contributed by atoms with Crippen molar-refractivity contribution in [3.63, 3.8) is 0 Å². The molecule has 0 N–H and O–H groups in total. The summed E-state index contributed by atoms with van der Waals surface area (Å²) in [6.45, 7) is 3.68. The Bertz CT molecular complexity index is 599. The minimum absolute atomic E-state index is 0.0578. The third kappa shape index (κ3) is 4.33. The summed E-state index contributed by atoms with van der Waals surface area (Å²) in [6, 6.07) is 1.82. The highest BCUT2D eigenvalue weighted by atomic mass is 35.7. The number of hydrogen-bond acceptors (Lipinski definition) is 4. The zero-order valence-corrected chi connectivity index (χ0v) is 12.4. The molecule has 0 aromatic heterocycles. The normalized spacial score (nSPS) is 11.7. The van der Waals surface area contributed by atoms with E-state index in [1.54, 1.807) is 13.8 Å². The van der Waals surface area contributed by atoms with Crippen molar-refractivity contribution >= 4 is 37.3 Å². The SMILES string of the molecule is CC(C)COC(=O)c1cc(Cl)cc(S(=O)(=O)Cl)c1F. The molecule has 1 aromatic carbocycles. The number of hydrogen-bond donors (Lipinski definition) is 0. The minimum Gasteiger partial charge on any atom is -0.462 e. The Morgan fingerprint density at radius 1 is 1.42 bits per heavy atom. The van der Waals surface area contributed by atoms with E-state index in [1.807, 2.05) is 0 Å². The molecule has 1 rings (SSSR count). The lowest BCUT2D eigenvalue weighted by Gasteiger charge is -2.09. The van der Waals surface area contributed by atoms with Crippen molar-refractivity contribution in [2.24, 2.45) is 5.92 Å². The third-order valence-corrected chi connectivity index (χ3v) is 3.57. The zero-order valence-electron chi connectivity index (χ0n) is 10.1. The summed E-state index contributed by atoms with van der Waals surface area (Å²) in [6.07, 6.45) is 0. The lowest BCUT2D eigenvalue weighted by atomic mass is 10.2. The molecule has 19 heavy (non-hydrogen) atoms. The molecule has 0 spiro atoms. The first-order valence-corrected chi connectivity index (χ1v) is 7.92. The molecule has 1 aromatic rings. The molecule has 0 radical (unpaired) electrons. The summed E-state index contributed by atoms with van der Waals surface area (Å²) in [7, 11) is 0.723. The van der Waals surface area contributed by atoms with E-state index in [2.05, 4.69) is 0 Å². The van der Waals surface area contributed by atoms with E-state index in [-0.39, 0.29) is 17.5 Å². The smallest absolute Gasteiger partial charge is 0.341 e. The molecule has 0 heterocycles. The summed E-state index contributed by atoms with van der Waals surface area (Å²) in [5, 5.41) is -0.128. The molecular weight excluding hydrogens is 318 g/mol. The lowest BCUT2D eigenvalue weighted by molar-refractivity contribution is 0.0453. The highest BCUT2D eigenvalue weighted by Crippen LogP contribution is 2.26. The van der Waals surface area contributed by atoms with Crippen LogP contribution in [0.3, 0.4) is 0 Å². The van der Waals surface area contributed by atoms with Gasteiger partial charge in [-0.05, 0) is 18.1 Å². The number of esters is 1. The second-order valence-electron chi connectivity index (χ2n) is 4.20. The number of benzene rings is 1. The molecule has 0 unspecified atom stereocenters. The Morgan fingerprint density at radius 2 is 2.00 bits per heavy atom. The summed E-state index contributed by atoms with van der Waals surface area (Å²) < 4.78 is 41.0. The topological polar surface area (TPSA) is 60.4 Å². The molecule has 0 saturated heterocycles. The van der Waals surface area contributed by atoms with Gasteiger partial charge in [-0.1, -0.05) is 25.4 Å². The maximum absolute atomic E-state index is 13.9. The average Bonchev–Trinajstić information content (AvgIpc) is 2.27. The predicted molar refractivity (Wildman–Crippen MR) is 69.6 cm³/mol. The Kier molecular flexibility index (Phi) is 5.18. The molecule has 0 aliphatic carbocycles. The van der Waals surface area contributed by atoms with Crippen LogP contribution in [-0.2, 0) is 13.8 Å². The Labute approximate surface area is 119 Å². The first-order valence-electron chi connectivity index (χ1n) is 5.23. The molecule has 0 aliphatic rings. The van der Waals surface area contributed by atoms with E-state index in [9.17, 15) is 17.6 Å². The first-order chi connectivity index (χ1) is 8.62. The van der Waals surface area contributed by atoms with Crippen molar-refractivity contribution in [2.45, 2.75) is 18.7 Å². The van der Waals surface area contributed by atoms with E-state index in [0.717, 1.165) is 12.1 Å². The maximum Gasteiger partial charge on any atom is 0.341 e. The molecular formula is C11H11Cl2FO4S. The zero-order chi connectivity index (χ0) is 14.8. The molecule has 0 saturated carbocycles. The molecule has 0 atom stereocenters. The molecule has 0 amide bonds. The highest BCUT2D eigenvalue weighted by Gasteiger charge is 2.24. The van der Waals surface area contributed by atoms with Crippen molar-refractivity contribution in [1.29, 1.82) is 0 Å². The van der Waals surface area contributed by atoms with E-state index in [0.29, 0.717) is 0 Å². The van der Waals surface area contributed by atoms with Crippen LogP contribution in [0.25, 0.3) is 0 Å². The molecule has 0 bridgehead atoms. The maximum atomic E-state index is 13.9. The highest BCUT2D eigenvalue weighted by molar-refractivity contribution is 8.13. The Hall–Kier alpha value is -0.850. The van der Waals surface area contributed by atoms with Gasteiger partial charge in [0, 0.05) is 15.7 Å². The van der Waals surface area contributed by atoms with Crippen molar-refractivity contribution in [1.82, 2.24) is 0 Å². The van der Waals surface area contributed by atoms with Crippen molar-refractivity contribution in [2.75, 3.05) is 6.61 Å². The Balaban J connectivity index is 3.22. The van der Waals surface area contributed by atoms with Crippen LogP contribution in [0, 0.1) is 11.7 Å². The van der Waals surface area contributed by atoms with Gasteiger partial charge in [0.05, 0.1) is 12.2 Å². The number of ether oxygens (including phenoxy) is 1. The molecule has 4 nitrogen and oxygen atoms in total. The van der Waals surface area contributed by atoms with Gasteiger partial charge >= 0.3 is 5.97 Å². The van der Waals surface area contributed by atoms with Gasteiger partial charge in [0.25, 0.3) is 9.05 Å². The van der Waals surface area contributed by atoms with E-state index in [1.165, 1.54) is 0 Å². The summed E-state index contributed by atoms with van der Waals surface area (Å²) in [5.74, 6) is -2.20. The molecule has 0 aliphatic heterocycles. The number of carbonyl (C=O) groups excluding carboxylic acids is 1. The summed E-state index contributed by atoms with van der Waals surface area (Å²) in [5.41, 5.74) is -0.563. The van der Waals surface area contributed by atoms with Crippen molar-refractivity contribution in [3.05, 3.63) is 28.5 Å². The van der Waals surface area contributed by atoms with Crippen molar-refractivity contribution in [3.8, 4) is 0 Å². The fraction of sp³-hybridized carbons (Fsp3) is 0.364. The molecule has 8 heteroatoms. The first kappa shape index (κ1) is 16.2. The lowest BCUT2D eigenvalue weighted by Crippen LogP contribution is -2.13. The third-order valence-electron chi connectivity index (χ3n) is 2.03. The number of carbonyl (C=O) groups is 1. The van der Waals surface area contributed by atoms with Crippen LogP contribution in [0.2, 0.25) is 5.02 Å². The van der Waals surface area contributed by atoms with Crippen LogP contribution >= 0.6 is 22.3 Å². The number of rotatable bonds is 4. The van der Waals surface area contributed by atoms with Gasteiger partial charge in [0.1, 0.15) is 4.90 Å². The van der Waals surface area contributed by atoms with Gasteiger partial charge in [-0.3, -0.25) is 0 Å². The van der Waals surface area contributed by atoms with E-state index in [4.69, 9.17) is 27.0 Å². The van der Waals surface area contributed by atoms with Crippen LogP contribution in [0.15, 0.2) is 17.0 Å². The largest absolute Gasteiger partial charge is 0.462 e. The van der Waals surface area contributed by atoms with Gasteiger partial charge in [-0.15, -0.1) is 0 Å². The van der Waals surface area contributed by atoms with Gasteiger partial charge in [-0.25, -0.2) is 17.6 Å².